The molecule has 0 bridgehead atoms. The molecule has 0 unspecified atom stereocenters. The second-order valence-corrected chi connectivity index (χ2v) is 5.45. The Morgan fingerprint density at radius 2 is 1.53 bits per heavy atom. The van der Waals surface area contributed by atoms with Crippen LogP contribution < -0.4 is 5.73 Å². The van der Waals surface area contributed by atoms with E-state index >= 15 is 0 Å². The summed E-state index contributed by atoms with van der Waals surface area (Å²) in [7, 11) is 0. The fourth-order valence-electron chi connectivity index (χ4n) is 2.23. The van der Waals surface area contributed by atoms with Gasteiger partial charge < -0.3 is 5.73 Å². The Balaban J connectivity index is 2.50. The van der Waals surface area contributed by atoms with Crippen LogP contribution in [0, 0.1) is 0 Å². The van der Waals surface area contributed by atoms with Crippen LogP contribution in [0.3, 0.4) is 0 Å². The minimum atomic E-state index is 0.306. The monoisotopic (exact) mass is 255 g/mol. The molecular weight excluding hydrogens is 234 g/mol. The van der Waals surface area contributed by atoms with E-state index in [1.807, 2.05) is 0 Å². The molecule has 0 atom stereocenters. The van der Waals surface area contributed by atoms with Crippen molar-refractivity contribution in [2.45, 2.75) is 39.5 Å². The molecule has 1 heterocycles. The van der Waals surface area contributed by atoms with Gasteiger partial charge in [-0.05, 0) is 17.4 Å². The Kier molecular flexibility index (Phi) is 3.84. The summed E-state index contributed by atoms with van der Waals surface area (Å²) in [6, 6.07) is 8.54. The molecule has 2 aromatic rings. The molecule has 0 aliphatic rings. The van der Waals surface area contributed by atoms with Crippen LogP contribution in [-0.2, 0) is 0 Å². The second kappa shape index (κ2) is 5.39. The molecule has 0 saturated heterocycles. The Labute approximate surface area is 114 Å². The summed E-state index contributed by atoms with van der Waals surface area (Å²) in [5, 5.41) is 0. The van der Waals surface area contributed by atoms with Gasteiger partial charge in [0, 0.05) is 11.1 Å². The van der Waals surface area contributed by atoms with E-state index in [-0.39, 0.29) is 0 Å². The average molecular weight is 255 g/mol. The lowest BCUT2D eigenvalue weighted by molar-refractivity contribution is 0.853. The van der Waals surface area contributed by atoms with E-state index in [1.54, 1.807) is 0 Å². The quantitative estimate of drug-likeness (QED) is 0.902. The fourth-order valence-corrected chi connectivity index (χ4v) is 2.23. The molecule has 100 valence electrons. The van der Waals surface area contributed by atoms with Crippen LogP contribution in [0.1, 0.15) is 50.7 Å². The highest BCUT2D eigenvalue weighted by molar-refractivity contribution is 5.68. The molecule has 2 rings (SSSR count). The van der Waals surface area contributed by atoms with Gasteiger partial charge in [-0.15, -0.1) is 0 Å². The van der Waals surface area contributed by atoms with Gasteiger partial charge in [0.15, 0.2) is 0 Å². The third kappa shape index (κ3) is 2.75. The van der Waals surface area contributed by atoms with Crippen molar-refractivity contribution in [1.82, 2.24) is 9.97 Å². The lowest BCUT2D eigenvalue weighted by atomic mass is 9.95. The van der Waals surface area contributed by atoms with Gasteiger partial charge in [-0.1, -0.05) is 52.0 Å². The molecule has 3 heteroatoms. The van der Waals surface area contributed by atoms with Gasteiger partial charge in [0.25, 0.3) is 0 Å². The maximum absolute atomic E-state index is 5.99. The highest BCUT2D eigenvalue weighted by Crippen LogP contribution is 2.31. The van der Waals surface area contributed by atoms with Crippen LogP contribution in [0.15, 0.2) is 30.6 Å². The molecule has 1 aromatic heterocycles. The van der Waals surface area contributed by atoms with Gasteiger partial charge >= 0.3 is 0 Å². The Hall–Kier alpha value is -1.90. The number of aromatic nitrogens is 2. The third-order valence-electron chi connectivity index (χ3n) is 3.34. The van der Waals surface area contributed by atoms with Crippen LogP contribution in [0.2, 0.25) is 0 Å². The van der Waals surface area contributed by atoms with Crippen molar-refractivity contribution in [2.75, 3.05) is 5.73 Å². The number of hydrogen-bond acceptors (Lipinski definition) is 3. The summed E-state index contributed by atoms with van der Waals surface area (Å²) in [6.07, 6.45) is 1.53. The van der Waals surface area contributed by atoms with Gasteiger partial charge in [0.1, 0.15) is 12.1 Å². The molecule has 19 heavy (non-hydrogen) atoms. The normalized spacial score (nSPS) is 11.3. The summed E-state index contributed by atoms with van der Waals surface area (Å²) in [4.78, 5) is 8.51. The first-order chi connectivity index (χ1) is 9.00. The molecule has 2 N–H and O–H groups in total. The first kappa shape index (κ1) is 13.5. The average Bonchev–Trinajstić information content (AvgIpc) is 2.38. The topological polar surface area (TPSA) is 51.8 Å². The standard InChI is InChI=1S/C16H21N3/c1-10(2)12-5-7-13(8-6-12)15-14(11(3)4)16(17)19-9-18-15/h5-11H,1-4H3,(H2,17,18,19). The summed E-state index contributed by atoms with van der Waals surface area (Å²) in [6.45, 7) is 8.61. The van der Waals surface area contributed by atoms with Crippen LogP contribution in [0.4, 0.5) is 5.82 Å². The number of nitrogen functional groups attached to an aromatic ring is 1. The molecule has 1 aromatic carbocycles. The molecule has 0 saturated carbocycles. The number of nitrogens with zero attached hydrogens (tertiary/aromatic N) is 2. The largest absolute Gasteiger partial charge is 0.383 e. The zero-order valence-corrected chi connectivity index (χ0v) is 12.0. The Morgan fingerprint density at radius 1 is 0.895 bits per heavy atom. The lowest BCUT2D eigenvalue weighted by Crippen LogP contribution is -2.04. The first-order valence-corrected chi connectivity index (χ1v) is 6.71. The van der Waals surface area contributed by atoms with Crippen molar-refractivity contribution in [2.24, 2.45) is 0 Å². The molecule has 0 aliphatic carbocycles. The number of benzene rings is 1. The van der Waals surface area contributed by atoms with Crippen LogP contribution in [-0.4, -0.2) is 9.97 Å². The van der Waals surface area contributed by atoms with Crippen LogP contribution in [0.25, 0.3) is 11.3 Å². The van der Waals surface area contributed by atoms with E-state index in [0.29, 0.717) is 17.7 Å². The van der Waals surface area contributed by atoms with Crippen molar-refractivity contribution >= 4 is 5.82 Å². The van der Waals surface area contributed by atoms with Crippen molar-refractivity contribution < 1.29 is 0 Å². The minimum Gasteiger partial charge on any atom is -0.383 e. The zero-order valence-electron chi connectivity index (χ0n) is 12.0. The molecule has 0 spiro atoms. The number of rotatable bonds is 3. The maximum atomic E-state index is 5.99. The number of hydrogen-bond donors (Lipinski definition) is 1. The van der Waals surface area contributed by atoms with Gasteiger partial charge in [0.05, 0.1) is 5.69 Å². The van der Waals surface area contributed by atoms with Crippen molar-refractivity contribution in [3.8, 4) is 11.3 Å². The van der Waals surface area contributed by atoms with E-state index in [1.165, 1.54) is 11.9 Å². The zero-order chi connectivity index (χ0) is 14.0. The highest BCUT2D eigenvalue weighted by Gasteiger charge is 2.14. The summed E-state index contributed by atoms with van der Waals surface area (Å²) < 4.78 is 0. The first-order valence-electron chi connectivity index (χ1n) is 6.71. The third-order valence-corrected chi connectivity index (χ3v) is 3.34. The summed E-state index contributed by atoms with van der Waals surface area (Å²) >= 11 is 0. The van der Waals surface area contributed by atoms with E-state index in [2.05, 4.69) is 61.9 Å². The molecule has 3 nitrogen and oxygen atoms in total. The Morgan fingerprint density at radius 3 is 2.05 bits per heavy atom. The maximum Gasteiger partial charge on any atom is 0.130 e. The SMILES string of the molecule is CC(C)c1ccc(-c2ncnc(N)c2C(C)C)cc1. The van der Waals surface area contributed by atoms with E-state index in [0.717, 1.165) is 16.8 Å². The molecule has 0 aliphatic heterocycles. The van der Waals surface area contributed by atoms with Crippen molar-refractivity contribution in [3.05, 3.63) is 41.7 Å². The van der Waals surface area contributed by atoms with Gasteiger partial charge in [-0.3, -0.25) is 0 Å². The molecule has 0 fully saturated rings. The summed E-state index contributed by atoms with van der Waals surface area (Å²) in [5.41, 5.74) is 10.4. The lowest BCUT2D eigenvalue weighted by Gasteiger charge is -2.14. The molecule has 0 radical (unpaired) electrons. The predicted molar refractivity (Wildman–Crippen MR) is 80.1 cm³/mol. The van der Waals surface area contributed by atoms with E-state index < -0.39 is 0 Å². The predicted octanol–water partition coefficient (Wildman–Crippen LogP) is 3.97. The molecular formula is C16H21N3. The van der Waals surface area contributed by atoms with E-state index in [4.69, 9.17) is 5.73 Å². The van der Waals surface area contributed by atoms with Gasteiger partial charge in [-0.2, -0.15) is 0 Å². The van der Waals surface area contributed by atoms with E-state index in [9.17, 15) is 0 Å². The number of anilines is 1. The highest BCUT2D eigenvalue weighted by atomic mass is 14.9. The van der Waals surface area contributed by atoms with Crippen molar-refractivity contribution in [3.63, 3.8) is 0 Å². The van der Waals surface area contributed by atoms with Gasteiger partial charge in [0.2, 0.25) is 0 Å². The smallest absolute Gasteiger partial charge is 0.130 e. The second-order valence-electron chi connectivity index (χ2n) is 5.45. The molecule has 0 amide bonds. The van der Waals surface area contributed by atoms with Crippen LogP contribution in [0.5, 0.6) is 0 Å². The fraction of sp³-hybridized carbons (Fsp3) is 0.375. The Bertz CT molecular complexity index is 557. The minimum absolute atomic E-state index is 0.306. The van der Waals surface area contributed by atoms with Crippen LogP contribution >= 0.6 is 0 Å². The summed E-state index contributed by atoms with van der Waals surface area (Å²) in [5.74, 6) is 1.42. The number of nitrogens with two attached hydrogens (primary N) is 1. The van der Waals surface area contributed by atoms with Crippen molar-refractivity contribution in [1.29, 1.82) is 0 Å². The van der Waals surface area contributed by atoms with Gasteiger partial charge in [-0.25, -0.2) is 9.97 Å².